The van der Waals surface area contributed by atoms with Gasteiger partial charge in [-0.15, -0.1) is 0 Å². The van der Waals surface area contributed by atoms with E-state index < -0.39 is 0 Å². The average Bonchev–Trinajstić information content (AvgIpc) is 2.83. The van der Waals surface area contributed by atoms with Gasteiger partial charge in [0.05, 0.1) is 6.54 Å². The van der Waals surface area contributed by atoms with Gasteiger partial charge in [-0.3, -0.25) is 4.68 Å². The van der Waals surface area contributed by atoms with Crippen molar-refractivity contribution in [2.45, 2.75) is 20.4 Å². The molecule has 2 rings (SSSR count). The Bertz CT molecular complexity index is 698. The quantitative estimate of drug-likeness (QED) is 0.627. The van der Waals surface area contributed by atoms with E-state index in [-0.39, 0.29) is 5.82 Å². The monoisotopic (exact) mass is 284 g/mol. The largest absolute Gasteiger partial charge is 0.265 e. The van der Waals surface area contributed by atoms with Crippen molar-refractivity contribution in [3.8, 4) is 0 Å². The maximum atomic E-state index is 13.7. The van der Waals surface area contributed by atoms with Crippen molar-refractivity contribution in [2.75, 3.05) is 0 Å². The first-order valence-corrected chi connectivity index (χ1v) is 6.59. The summed E-state index contributed by atoms with van der Waals surface area (Å²) in [5, 5.41) is 4.42. The molecule has 1 heterocycles. The maximum Gasteiger partial charge on any atom is 0.179 e. The van der Waals surface area contributed by atoms with E-state index >= 15 is 0 Å². The van der Waals surface area contributed by atoms with Gasteiger partial charge in [-0.05, 0) is 32.7 Å². The summed E-state index contributed by atoms with van der Waals surface area (Å²) in [7, 11) is 0. The van der Waals surface area contributed by atoms with Crippen molar-refractivity contribution < 1.29 is 4.39 Å². The van der Waals surface area contributed by atoms with Crippen LogP contribution in [0.4, 0.5) is 4.39 Å². The number of nitrogens with zero attached hydrogens (tertiary/aromatic N) is 4. The molecule has 0 N–H and O–H groups in total. The third kappa shape index (κ3) is 3.51. The van der Waals surface area contributed by atoms with E-state index in [0.717, 1.165) is 5.69 Å². The number of aromatic nitrogens is 2. The summed E-state index contributed by atoms with van der Waals surface area (Å²) in [6.45, 7) is 7.65. The van der Waals surface area contributed by atoms with Gasteiger partial charge in [0.25, 0.3) is 0 Å². The van der Waals surface area contributed by atoms with Gasteiger partial charge >= 0.3 is 0 Å². The lowest BCUT2D eigenvalue weighted by Crippen LogP contribution is -2.07. The number of aliphatic imine (C=N–C) groups is 2. The lowest BCUT2D eigenvalue weighted by molar-refractivity contribution is 0.580. The van der Waals surface area contributed by atoms with E-state index in [0.29, 0.717) is 23.6 Å². The molecule has 5 heteroatoms. The number of hydrogen-bond donors (Lipinski definition) is 0. The first kappa shape index (κ1) is 14.8. The van der Waals surface area contributed by atoms with Crippen LogP contribution in [0.5, 0.6) is 0 Å². The fraction of sp³-hybridized carbons (Fsp3) is 0.188. The summed E-state index contributed by atoms with van der Waals surface area (Å²) in [5.74, 6) is 0.210. The summed E-state index contributed by atoms with van der Waals surface area (Å²) in [6, 6.07) is 8.53. The van der Waals surface area contributed by atoms with Gasteiger partial charge in [-0.25, -0.2) is 14.4 Å². The van der Waals surface area contributed by atoms with E-state index in [1.54, 1.807) is 29.1 Å². The molecule has 0 bridgehead atoms. The standard InChI is InChI=1S/C16H17FN4/c1-4-9-19-16(18-3)15-10-12(2)21(20-15)11-13-7-5-6-8-14(13)17/h4-10H,3,11H2,1-2H3/b9-4-,19-16?. The maximum absolute atomic E-state index is 13.7. The molecule has 4 nitrogen and oxygen atoms in total. The van der Waals surface area contributed by atoms with Gasteiger partial charge < -0.3 is 0 Å². The molecule has 0 amide bonds. The molecule has 0 fully saturated rings. The summed E-state index contributed by atoms with van der Waals surface area (Å²) in [6.07, 6.45) is 3.43. The molecule has 2 aromatic rings. The molecule has 21 heavy (non-hydrogen) atoms. The second kappa shape index (κ2) is 6.74. The molecule has 0 saturated heterocycles. The predicted molar refractivity (Wildman–Crippen MR) is 83.4 cm³/mol. The molecule has 0 unspecified atom stereocenters. The molecule has 0 aliphatic heterocycles. The van der Waals surface area contributed by atoms with Crippen molar-refractivity contribution in [2.24, 2.45) is 9.98 Å². The zero-order valence-electron chi connectivity index (χ0n) is 12.1. The van der Waals surface area contributed by atoms with Gasteiger partial charge in [0.1, 0.15) is 11.5 Å². The summed E-state index contributed by atoms with van der Waals surface area (Å²) in [5.41, 5.74) is 2.12. The highest BCUT2D eigenvalue weighted by atomic mass is 19.1. The van der Waals surface area contributed by atoms with Crippen LogP contribution in [0.3, 0.4) is 0 Å². The lowest BCUT2D eigenvalue weighted by atomic mass is 10.2. The second-order valence-corrected chi connectivity index (χ2v) is 4.51. The van der Waals surface area contributed by atoms with Crippen LogP contribution >= 0.6 is 0 Å². The number of rotatable bonds is 4. The molecule has 1 aromatic heterocycles. The number of benzene rings is 1. The Morgan fingerprint density at radius 2 is 2.19 bits per heavy atom. The van der Waals surface area contributed by atoms with E-state index in [4.69, 9.17) is 0 Å². The highest BCUT2D eigenvalue weighted by molar-refractivity contribution is 6.00. The van der Waals surface area contributed by atoms with Crippen LogP contribution in [-0.2, 0) is 6.54 Å². The van der Waals surface area contributed by atoms with Crippen LogP contribution in [0.15, 0.2) is 52.6 Å². The first-order chi connectivity index (χ1) is 10.2. The molecular weight excluding hydrogens is 267 g/mol. The van der Waals surface area contributed by atoms with Crippen molar-refractivity contribution >= 4 is 12.6 Å². The van der Waals surface area contributed by atoms with Crippen LogP contribution in [0.2, 0.25) is 0 Å². The second-order valence-electron chi connectivity index (χ2n) is 4.51. The van der Waals surface area contributed by atoms with Crippen molar-refractivity contribution in [1.29, 1.82) is 0 Å². The van der Waals surface area contributed by atoms with Crippen LogP contribution in [-0.4, -0.2) is 22.3 Å². The Hall–Kier alpha value is -2.56. The minimum absolute atomic E-state index is 0.237. The topological polar surface area (TPSA) is 42.5 Å². The molecule has 0 atom stereocenters. The lowest BCUT2D eigenvalue weighted by Gasteiger charge is -2.05. The Morgan fingerprint density at radius 1 is 1.43 bits per heavy atom. The van der Waals surface area contributed by atoms with E-state index in [9.17, 15) is 4.39 Å². The van der Waals surface area contributed by atoms with Gasteiger partial charge in [-0.2, -0.15) is 5.10 Å². The zero-order chi connectivity index (χ0) is 15.2. The van der Waals surface area contributed by atoms with Crippen LogP contribution in [0.1, 0.15) is 23.9 Å². The highest BCUT2D eigenvalue weighted by Crippen LogP contribution is 2.12. The average molecular weight is 284 g/mol. The van der Waals surface area contributed by atoms with Gasteiger partial charge in [0, 0.05) is 17.5 Å². The number of allylic oxidation sites excluding steroid dienone is 1. The molecular formula is C16H17FN4. The number of halogens is 1. The molecule has 1 aromatic carbocycles. The summed E-state index contributed by atoms with van der Waals surface area (Å²) < 4.78 is 15.4. The molecule has 0 radical (unpaired) electrons. The van der Waals surface area contributed by atoms with E-state index in [1.807, 2.05) is 26.0 Å². The molecule has 0 saturated carbocycles. The number of aryl methyl sites for hydroxylation is 1. The third-order valence-electron chi connectivity index (χ3n) is 2.98. The molecule has 0 spiro atoms. The Balaban J connectivity index is 2.31. The normalized spacial score (nSPS) is 12.0. The fourth-order valence-corrected chi connectivity index (χ4v) is 1.90. The SMILES string of the molecule is C=NC(=N/C=C\C)c1cc(C)n(Cc2ccccc2F)n1. The van der Waals surface area contributed by atoms with Crippen molar-refractivity contribution in [1.82, 2.24) is 9.78 Å². The highest BCUT2D eigenvalue weighted by Gasteiger charge is 2.10. The van der Waals surface area contributed by atoms with Crippen LogP contribution in [0.25, 0.3) is 0 Å². The smallest absolute Gasteiger partial charge is 0.179 e. The van der Waals surface area contributed by atoms with Gasteiger partial charge in [0.2, 0.25) is 0 Å². The van der Waals surface area contributed by atoms with Gasteiger partial charge in [-0.1, -0.05) is 24.3 Å². The van der Waals surface area contributed by atoms with E-state index in [2.05, 4.69) is 21.8 Å². The summed E-state index contributed by atoms with van der Waals surface area (Å²) >= 11 is 0. The Morgan fingerprint density at radius 3 is 2.86 bits per heavy atom. The van der Waals surface area contributed by atoms with Crippen LogP contribution in [0, 0.1) is 12.7 Å². The number of amidine groups is 1. The minimum Gasteiger partial charge on any atom is -0.265 e. The van der Waals surface area contributed by atoms with Crippen LogP contribution < -0.4 is 0 Å². The Kier molecular flexibility index (Phi) is 4.77. The first-order valence-electron chi connectivity index (χ1n) is 6.59. The van der Waals surface area contributed by atoms with Crippen molar-refractivity contribution in [3.05, 3.63) is 65.4 Å². The molecule has 0 aliphatic carbocycles. The molecule has 0 aliphatic rings. The zero-order valence-corrected chi connectivity index (χ0v) is 12.1. The third-order valence-corrected chi connectivity index (χ3v) is 2.98. The predicted octanol–water partition coefficient (Wildman–Crippen LogP) is 3.36. The number of hydrogen-bond acceptors (Lipinski definition) is 2. The fourth-order valence-electron chi connectivity index (χ4n) is 1.90. The van der Waals surface area contributed by atoms with Gasteiger partial charge in [0.15, 0.2) is 5.84 Å². The van der Waals surface area contributed by atoms with Crippen molar-refractivity contribution in [3.63, 3.8) is 0 Å². The molecule has 108 valence electrons. The van der Waals surface area contributed by atoms with E-state index in [1.165, 1.54) is 6.07 Å². The Labute approximate surface area is 123 Å². The summed E-state index contributed by atoms with van der Waals surface area (Å²) in [4.78, 5) is 8.04. The minimum atomic E-state index is -0.237.